The maximum absolute atomic E-state index is 14.4. The van der Waals surface area contributed by atoms with Gasteiger partial charge in [0.25, 0.3) is 0 Å². The number of anilines is 1. The summed E-state index contributed by atoms with van der Waals surface area (Å²) in [5.74, 6) is 0.773. The summed E-state index contributed by atoms with van der Waals surface area (Å²) >= 11 is 1.77. The summed E-state index contributed by atoms with van der Waals surface area (Å²) in [4.78, 5) is 11.1. The van der Waals surface area contributed by atoms with Gasteiger partial charge in [-0.15, -0.1) is 0 Å². The fourth-order valence-electron chi connectivity index (χ4n) is 3.58. The van der Waals surface area contributed by atoms with Gasteiger partial charge in [0.15, 0.2) is 11.6 Å². The van der Waals surface area contributed by atoms with E-state index in [1.54, 1.807) is 24.3 Å². The minimum atomic E-state index is -0.379. The minimum absolute atomic E-state index is 0.251. The number of halogens is 1. The van der Waals surface area contributed by atoms with E-state index in [0.717, 1.165) is 50.2 Å². The SMILES string of the molecule is CSN1CCN(c2cc(-c3n[nH]c4cc(F)c(OC5(C)CC5)cc34)ncn2)CC1. The van der Waals surface area contributed by atoms with Crippen molar-refractivity contribution in [2.24, 2.45) is 0 Å². The lowest BCUT2D eigenvalue weighted by Gasteiger charge is -2.33. The van der Waals surface area contributed by atoms with Gasteiger partial charge >= 0.3 is 0 Å². The zero-order valence-electron chi connectivity index (χ0n) is 16.5. The molecule has 1 aromatic carbocycles. The molecular formula is C20H23FN6OS. The first-order chi connectivity index (χ1) is 14.0. The molecule has 2 fully saturated rings. The summed E-state index contributed by atoms with van der Waals surface area (Å²) < 4.78 is 22.7. The third-order valence-corrected chi connectivity index (χ3v) is 6.52. The summed E-state index contributed by atoms with van der Waals surface area (Å²) in [6.45, 7) is 5.82. The Morgan fingerprint density at radius 3 is 2.66 bits per heavy atom. The normalized spacial score (nSPS) is 18.9. The highest BCUT2D eigenvalue weighted by Gasteiger charge is 2.40. The average molecular weight is 415 g/mol. The molecule has 0 bridgehead atoms. The van der Waals surface area contributed by atoms with Crippen LogP contribution >= 0.6 is 11.9 Å². The topological polar surface area (TPSA) is 70.2 Å². The summed E-state index contributed by atoms with van der Waals surface area (Å²) in [6, 6.07) is 5.12. The van der Waals surface area contributed by atoms with Crippen molar-refractivity contribution in [3.63, 3.8) is 0 Å². The molecule has 3 heterocycles. The molecule has 9 heteroatoms. The van der Waals surface area contributed by atoms with Gasteiger partial charge in [0.05, 0.1) is 11.2 Å². The largest absolute Gasteiger partial charge is 0.484 e. The van der Waals surface area contributed by atoms with Gasteiger partial charge in [-0.2, -0.15) is 5.10 Å². The van der Waals surface area contributed by atoms with Crippen LogP contribution in [-0.4, -0.2) is 62.5 Å². The quantitative estimate of drug-likeness (QED) is 0.641. The first-order valence-corrected chi connectivity index (χ1v) is 11.0. The van der Waals surface area contributed by atoms with Gasteiger partial charge in [0.2, 0.25) is 0 Å². The zero-order chi connectivity index (χ0) is 20.0. The van der Waals surface area contributed by atoms with Crippen LogP contribution < -0.4 is 9.64 Å². The molecule has 0 unspecified atom stereocenters. The summed E-state index contributed by atoms with van der Waals surface area (Å²) in [7, 11) is 0. The van der Waals surface area contributed by atoms with Crippen molar-refractivity contribution in [1.82, 2.24) is 24.5 Å². The lowest BCUT2D eigenvalue weighted by Crippen LogP contribution is -2.43. The van der Waals surface area contributed by atoms with Crippen LogP contribution in [0, 0.1) is 5.82 Å². The number of fused-ring (bicyclic) bond motifs is 1. The minimum Gasteiger partial charge on any atom is -0.484 e. The second-order valence-corrected chi connectivity index (χ2v) is 8.69. The molecule has 0 atom stereocenters. The number of nitrogens with zero attached hydrogens (tertiary/aromatic N) is 5. The predicted molar refractivity (Wildman–Crippen MR) is 113 cm³/mol. The van der Waals surface area contributed by atoms with Crippen molar-refractivity contribution in [2.75, 3.05) is 37.3 Å². The average Bonchev–Trinajstić information content (AvgIpc) is 3.33. The molecule has 1 aliphatic heterocycles. The smallest absolute Gasteiger partial charge is 0.167 e. The van der Waals surface area contributed by atoms with Crippen molar-refractivity contribution in [3.8, 4) is 17.1 Å². The number of H-pyrrole nitrogens is 1. The monoisotopic (exact) mass is 414 g/mol. The summed E-state index contributed by atoms with van der Waals surface area (Å²) in [5, 5.41) is 8.11. The third-order valence-electron chi connectivity index (χ3n) is 5.64. The highest BCUT2D eigenvalue weighted by Crippen LogP contribution is 2.41. The molecule has 0 radical (unpaired) electrons. The molecule has 29 heavy (non-hydrogen) atoms. The number of hydrogen-bond acceptors (Lipinski definition) is 7. The molecule has 7 nitrogen and oxygen atoms in total. The fraction of sp³-hybridized carbons (Fsp3) is 0.450. The standard InChI is InChI=1S/C20H23FN6OS/c1-20(3-4-20)28-17-9-13-15(10-14(17)21)24-25-19(13)16-11-18(23-12-22-16)26-5-7-27(29-2)8-6-26/h9-12H,3-8H2,1-2H3,(H,24,25). The van der Waals surface area contributed by atoms with E-state index in [4.69, 9.17) is 4.74 Å². The van der Waals surface area contributed by atoms with Gasteiger partial charge in [-0.1, -0.05) is 11.9 Å². The van der Waals surface area contributed by atoms with Gasteiger partial charge in [-0.05, 0) is 32.1 Å². The van der Waals surface area contributed by atoms with E-state index < -0.39 is 0 Å². The second kappa shape index (κ2) is 7.14. The van der Waals surface area contributed by atoms with Crippen LogP contribution in [0.1, 0.15) is 19.8 Å². The van der Waals surface area contributed by atoms with Gasteiger partial charge in [-0.3, -0.25) is 5.10 Å². The molecule has 5 rings (SSSR count). The van der Waals surface area contributed by atoms with Gasteiger partial charge in [0, 0.05) is 43.7 Å². The Hall–Kier alpha value is -2.39. The van der Waals surface area contributed by atoms with Gasteiger partial charge < -0.3 is 9.64 Å². The molecule has 0 spiro atoms. The lowest BCUT2D eigenvalue weighted by molar-refractivity contribution is 0.191. The second-order valence-electron chi connectivity index (χ2n) is 7.81. The molecule has 3 aromatic rings. The Labute approximate surface area is 172 Å². The van der Waals surface area contributed by atoms with Crippen LogP contribution in [0.3, 0.4) is 0 Å². The number of benzene rings is 1. The maximum Gasteiger partial charge on any atom is 0.167 e. The molecule has 1 N–H and O–H groups in total. The predicted octanol–water partition coefficient (Wildman–Crippen LogP) is 3.49. The molecule has 2 aliphatic rings. The highest BCUT2D eigenvalue weighted by molar-refractivity contribution is 7.96. The third kappa shape index (κ3) is 3.64. The van der Waals surface area contributed by atoms with Crippen molar-refractivity contribution >= 4 is 28.7 Å². The molecule has 1 saturated carbocycles. The molecule has 2 aromatic heterocycles. The maximum atomic E-state index is 14.4. The van der Waals surface area contributed by atoms with E-state index in [0.29, 0.717) is 16.9 Å². The Balaban J connectivity index is 1.47. The van der Waals surface area contributed by atoms with E-state index in [9.17, 15) is 4.39 Å². The Morgan fingerprint density at radius 1 is 1.14 bits per heavy atom. The Kier molecular flexibility index (Phi) is 4.59. The van der Waals surface area contributed by atoms with E-state index in [1.165, 1.54) is 6.07 Å². The van der Waals surface area contributed by atoms with Crippen molar-refractivity contribution in [3.05, 3.63) is 30.3 Å². The van der Waals surface area contributed by atoms with E-state index in [2.05, 4.69) is 35.6 Å². The molecule has 0 amide bonds. The van der Waals surface area contributed by atoms with E-state index in [-0.39, 0.29) is 17.2 Å². The van der Waals surface area contributed by atoms with Crippen LogP contribution in [0.4, 0.5) is 10.2 Å². The highest BCUT2D eigenvalue weighted by atomic mass is 32.2. The van der Waals surface area contributed by atoms with Crippen LogP contribution in [0.5, 0.6) is 5.75 Å². The first-order valence-electron chi connectivity index (χ1n) is 9.78. The number of ether oxygens (including phenoxy) is 1. The van der Waals surface area contributed by atoms with Crippen molar-refractivity contribution < 1.29 is 9.13 Å². The number of aromatic nitrogens is 4. The summed E-state index contributed by atoms with van der Waals surface area (Å²) in [6.07, 6.45) is 5.56. The summed E-state index contributed by atoms with van der Waals surface area (Å²) in [5.41, 5.74) is 1.76. The van der Waals surface area contributed by atoms with Crippen molar-refractivity contribution in [1.29, 1.82) is 0 Å². The fourth-order valence-corrected chi connectivity index (χ4v) is 4.11. The number of rotatable bonds is 5. The molecule has 1 aliphatic carbocycles. The van der Waals surface area contributed by atoms with Crippen LogP contribution in [0.15, 0.2) is 24.5 Å². The van der Waals surface area contributed by atoms with Crippen LogP contribution in [-0.2, 0) is 0 Å². The van der Waals surface area contributed by atoms with E-state index in [1.807, 2.05) is 13.0 Å². The zero-order valence-corrected chi connectivity index (χ0v) is 17.3. The van der Waals surface area contributed by atoms with Gasteiger partial charge in [-0.25, -0.2) is 18.7 Å². The van der Waals surface area contributed by atoms with E-state index >= 15 is 0 Å². The van der Waals surface area contributed by atoms with Crippen LogP contribution in [0.2, 0.25) is 0 Å². The van der Waals surface area contributed by atoms with Crippen LogP contribution in [0.25, 0.3) is 22.3 Å². The number of aromatic amines is 1. The number of piperazine rings is 1. The lowest BCUT2D eigenvalue weighted by atomic mass is 10.1. The molecular weight excluding hydrogens is 391 g/mol. The molecule has 152 valence electrons. The van der Waals surface area contributed by atoms with Crippen molar-refractivity contribution in [2.45, 2.75) is 25.4 Å². The Morgan fingerprint density at radius 2 is 1.93 bits per heavy atom. The molecule has 1 saturated heterocycles. The number of nitrogens with one attached hydrogen (secondary N) is 1. The Bertz CT molecular complexity index is 1040. The number of hydrogen-bond donors (Lipinski definition) is 1. The van der Waals surface area contributed by atoms with Gasteiger partial charge in [0.1, 0.15) is 23.4 Å². The first kappa shape index (κ1) is 18.6.